The molecular weight excluding hydrogens is 270 g/mol. The molecule has 6 nitrogen and oxygen atoms in total. The highest BCUT2D eigenvalue weighted by molar-refractivity contribution is 5.98. The Bertz CT molecular complexity index is 674. The van der Waals surface area contributed by atoms with Crippen molar-refractivity contribution in [3.63, 3.8) is 0 Å². The van der Waals surface area contributed by atoms with E-state index in [9.17, 15) is 9.59 Å². The van der Waals surface area contributed by atoms with Gasteiger partial charge >= 0.3 is 11.9 Å². The number of para-hydroxylation sites is 1. The van der Waals surface area contributed by atoms with Gasteiger partial charge in [-0.1, -0.05) is 23.4 Å². The van der Waals surface area contributed by atoms with Gasteiger partial charge in [-0.3, -0.25) is 9.59 Å². The van der Waals surface area contributed by atoms with Gasteiger partial charge in [0.05, 0.1) is 29.6 Å². The molecular formula is C15H13N3O3. The topological polar surface area (TPSA) is 71.3 Å². The summed E-state index contributed by atoms with van der Waals surface area (Å²) < 4.78 is 4.85. The highest BCUT2D eigenvalue weighted by Gasteiger charge is 2.69. The van der Waals surface area contributed by atoms with Crippen molar-refractivity contribution in [1.29, 1.82) is 0 Å². The highest BCUT2D eigenvalue weighted by atomic mass is 16.6. The highest BCUT2D eigenvalue weighted by Crippen LogP contribution is 2.59. The van der Waals surface area contributed by atoms with Crippen molar-refractivity contribution < 1.29 is 14.3 Å². The van der Waals surface area contributed by atoms with Crippen LogP contribution < -0.4 is 5.01 Å². The van der Waals surface area contributed by atoms with E-state index in [1.54, 1.807) is 0 Å². The maximum atomic E-state index is 12.0. The lowest BCUT2D eigenvalue weighted by atomic mass is 9.76. The summed E-state index contributed by atoms with van der Waals surface area (Å²) >= 11 is 0. The second kappa shape index (κ2) is 3.69. The summed E-state index contributed by atoms with van der Waals surface area (Å²) in [6.45, 7) is 0. The molecule has 2 heterocycles. The van der Waals surface area contributed by atoms with E-state index in [-0.39, 0.29) is 47.7 Å². The van der Waals surface area contributed by atoms with E-state index in [2.05, 4.69) is 10.3 Å². The normalized spacial score (nSPS) is 42.4. The maximum absolute atomic E-state index is 12.0. The van der Waals surface area contributed by atoms with Gasteiger partial charge in [0.2, 0.25) is 0 Å². The molecule has 1 aromatic carbocycles. The van der Waals surface area contributed by atoms with Crippen molar-refractivity contribution in [3.05, 3.63) is 30.3 Å². The van der Waals surface area contributed by atoms with Gasteiger partial charge in [-0.05, 0) is 30.4 Å². The van der Waals surface area contributed by atoms with Crippen LogP contribution in [-0.4, -0.2) is 24.0 Å². The Hall–Kier alpha value is -2.24. The van der Waals surface area contributed by atoms with Gasteiger partial charge in [-0.15, -0.1) is 0 Å². The first-order valence-corrected chi connectivity index (χ1v) is 7.26. The van der Waals surface area contributed by atoms with E-state index in [4.69, 9.17) is 4.74 Å². The Kier molecular flexibility index (Phi) is 2.01. The van der Waals surface area contributed by atoms with Gasteiger partial charge in [-0.25, -0.2) is 5.01 Å². The third kappa shape index (κ3) is 1.28. The monoisotopic (exact) mass is 283 g/mol. The number of carbonyl (C=O) groups is 2. The first-order chi connectivity index (χ1) is 10.3. The molecule has 0 N–H and O–H groups in total. The first-order valence-electron chi connectivity index (χ1n) is 7.26. The zero-order valence-electron chi connectivity index (χ0n) is 11.1. The van der Waals surface area contributed by atoms with Crippen LogP contribution in [0.25, 0.3) is 0 Å². The van der Waals surface area contributed by atoms with Crippen LogP contribution in [0.15, 0.2) is 40.7 Å². The van der Waals surface area contributed by atoms with E-state index < -0.39 is 0 Å². The molecule has 6 atom stereocenters. The molecule has 3 fully saturated rings. The Labute approximate surface area is 120 Å². The van der Waals surface area contributed by atoms with Crippen LogP contribution in [0.5, 0.6) is 0 Å². The van der Waals surface area contributed by atoms with Gasteiger partial charge in [0, 0.05) is 0 Å². The van der Waals surface area contributed by atoms with Crippen LogP contribution in [0.1, 0.15) is 6.42 Å². The zero-order chi connectivity index (χ0) is 14.1. The lowest BCUT2D eigenvalue weighted by Crippen LogP contribution is -2.47. The van der Waals surface area contributed by atoms with Crippen LogP contribution in [0, 0.1) is 23.7 Å². The minimum Gasteiger partial charge on any atom is -0.393 e. The van der Waals surface area contributed by atoms with Gasteiger partial charge in [0.25, 0.3) is 0 Å². The largest absolute Gasteiger partial charge is 0.393 e. The molecule has 0 radical (unpaired) electrons. The third-order valence-corrected chi connectivity index (χ3v) is 5.41. The molecule has 1 aromatic rings. The van der Waals surface area contributed by atoms with Crippen molar-refractivity contribution in [2.24, 2.45) is 34.0 Å². The Morgan fingerprint density at radius 1 is 1.05 bits per heavy atom. The number of esters is 2. The van der Waals surface area contributed by atoms with Crippen LogP contribution in [0.4, 0.5) is 5.69 Å². The van der Waals surface area contributed by atoms with Crippen LogP contribution in [0.3, 0.4) is 0 Å². The molecule has 106 valence electrons. The van der Waals surface area contributed by atoms with E-state index in [0.29, 0.717) is 0 Å². The summed E-state index contributed by atoms with van der Waals surface area (Å²) in [5.41, 5.74) is 0.982. The van der Waals surface area contributed by atoms with Gasteiger partial charge in [0.1, 0.15) is 0 Å². The summed E-state index contributed by atoms with van der Waals surface area (Å²) in [4.78, 5) is 23.8. The van der Waals surface area contributed by atoms with Crippen molar-refractivity contribution in [2.75, 3.05) is 5.01 Å². The number of anilines is 1. The van der Waals surface area contributed by atoms with Crippen molar-refractivity contribution in [1.82, 2.24) is 0 Å². The van der Waals surface area contributed by atoms with Crippen LogP contribution >= 0.6 is 0 Å². The average molecular weight is 283 g/mol. The summed E-state index contributed by atoms with van der Waals surface area (Å²) in [7, 11) is 0. The zero-order valence-corrected chi connectivity index (χ0v) is 11.1. The van der Waals surface area contributed by atoms with E-state index >= 15 is 0 Å². The summed E-state index contributed by atoms with van der Waals surface area (Å²) in [6, 6.07) is 9.94. The lowest BCUT2D eigenvalue weighted by molar-refractivity contribution is -0.154. The number of carbonyl (C=O) groups excluding carboxylic acids is 2. The van der Waals surface area contributed by atoms with Crippen molar-refractivity contribution in [3.8, 4) is 0 Å². The SMILES string of the molecule is O=C1OC(=O)[C@@H]2[C@@H]3C[C@@H]([C@@H]4N=NN(c5ccccc5)[C@H]34)[C@@H]12. The molecule has 2 aliphatic carbocycles. The summed E-state index contributed by atoms with van der Waals surface area (Å²) in [5.74, 6) is -1.09. The van der Waals surface area contributed by atoms with E-state index in [1.807, 2.05) is 35.3 Å². The molecule has 21 heavy (non-hydrogen) atoms. The maximum Gasteiger partial charge on any atom is 0.317 e. The number of rotatable bonds is 1. The molecule has 0 spiro atoms. The standard InChI is InChI=1S/C15H13N3O3/c19-14-10-8-6-9(11(10)15(20)21-14)13-12(8)16-17-18(13)7-4-2-1-3-5-7/h1-5,8-13H,6H2/t8-,9+,10-,11-,12+,13-/m1/s1. The predicted molar refractivity (Wildman–Crippen MR) is 71.0 cm³/mol. The number of hydrogen-bond donors (Lipinski definition) is 0. The van der Waals surface area contributed by atoms with Gasteiger partial charge in [0.15, 0.2) is 0 Å². The molecule has 2 aliphatic heterocycles. The fraction of sp³-hybridized carbons (Fsp3) is 0.467. The lowest BCUT2D eigenvalue weighted by Gasteiger charge is -2.32. The van der Waals surface area contributed by atoms with Crippen molar-refractivity contribution >= 4 is 17.6 Å². The van der Waals surface area contributed by atoms with Crippen LogP contribution in [0.2, 0.25) is 0 Å². The molecule has 4 aliphatic rings. The number of fused-ring (bicyclic) bond motifs is 8. The molecule has 2 bridgehead atoms. The average Bonchev–Trinajstić information content (AvgIpc) is 3.21. The van der Waals surface area contributed by atoms with Crippen LogP contribution in [-0.2, 0) is 14.3 Å². The fourth-order valence-corrected chi connectivity index (χ4v) is 4.69. The second-order valence-electron chi connectivity index (χ2n) is 6.22. The smallest absolute Gasteiger partial charge is 0.317 e. The Morgan fingerprint density at radius 2 is 1.76 bits per heavy atom. The number of hydrogen-bond acceptors (Lipinski definition) is 6. The molecule has 0 aromatic heterocycles. The second-order valence-corrected chi connectivity index (χ2v) is 6.22. The van der Waals surface area contributed by atoms with E-state index in [1.165, 1.54) is 0 Å². The number of cyclic esters (lactones) is 2. The van der Waals surface area contributed by atoms with E-state index in [0.717, 1.165) is 12.1 Å². The fourth-order valence-electron chi connectivity index (χ4n) is 4.69. The Balaban J connectivity index is 1.54. The minimum absolute atomic E-state index is 0.00917. The summed E-state index contributed by atoms with van der Waals surface area (Å²) in [5, 5.41) is 10.6. The minimum atomic E-state index is -0.357. The number of benzene rings is 1. The quantitative estimate of drug-likeness (QED) is 0.579. The molecule has 1 saturated heterocycles. The molecule has 0 amide bonds. The van der Waals surface area contributed by atoms with Crippen molar-refractivity contribution in [2.45, 2.75) is 18.5 Å². The molecule has 0 unspecified atom stereocenters. The molecule has 5 rings (SSSR count). The molecule has 6 heteroatoms. The Morgan fingerprint density at radius 3 is 2.52 bits per heavy atom. The predicted octanol–water partition coefficient (Wildman–Crippen LogP) is 1.58. The molecule has 2 saturated carbocycles. The van der Waals surface area contributed by atoms with Gasteiger partial charge < -0.3 is 4.74 Å². The van der Waals surface area contributed by atoms with Gasteiger partial charge in [-0.2, -0.15) is 5.11 Å². The third-order valence-electron chi connectivity index (χ3n) is 5.41. The number of nitrogens with zero attached hydrogens (tertiary/aromatic N) is 3. The first kappa shape index (κ1) is 11.4. The number of ether oxygens (including phenoxy) is 1. The summed E-state index contributed by atoms with van der Waals surface area (Å²) in [6.07, 6.45) is 0.869.